The molecule has 1 saturated carbocycles. The Hall–Kier alpha value is -1.35. The van der Waals surface area contributed by atoms with Crippen molar-refractivity contribution in [2.24, 2.45) is 5.73 Å². The maximum absolute atomic E-state index is 12.1. The highest BCUT2D eigenvalue weighted by atomic mass is 16.1. The molecule has 0 spiro atoms. The van der Waals surface area contributed by atoms with Gasteiger partial charge in [0, 0.05) is 17.6 Å². The van der Waals surface area contributed by atoms with Crippen molar-refractivity contribution in [1.29, 1.82) is 0 Å². The van der Waals surface area contributed by atoms with Gasteiger partial charge in [-0.1, -0.05) is 19.1 Å². The summed E-state index contributed by atoms with van der Waals surface area (Å²) in [6, 6.07) is 8.47. The highest BCUT2D eigenvalue weighted by Crippen LogP contribution is 2.17. The third kappa shape index (κ3) is 3.33. The van der Waals surface area contributed by atoms with Gasteiger partial charge in [0.2, 0.25) is 0 Å². The summed E-state index contributed by atoms with van der Waals surface area (Å²) < 4.78 is 0. The van der Waals surface area contributed by atoms with E-state index >= 15 is 0 Å². The number of carbonyl (C=O) groups excluding carboxylic acids is 1. The van der Waals surface area contributed by atoms with Crippen LogP contribution in [0.15, 0.2) is 24.3 Å². The van der Waals surface area contributed by atoms with E-state index in [1.54, 1.807) is 0 Å². The fourth-order valence-electron chi connectivity index (χ4n) is 2.46. The highest BCUT2D eigenvalue weighted by molar-refractivity contribution is 5.94. The van der Waals surface area contributed by atoms with Crippen LogP contribution in [0.4, 0.5) is 0 Å². The molecule has 0 bridgehead atoms. The topological polar surface area (TPSA) is 55.1 Å². The fourth-order valence-corrected chi connectivity index (χ4v) is 2.46. The lowest BCUT2D eigenvalue weighted by Crippen LogP contribution is -2.40. The molecule has 1 aromatic rings. The summed E-state index contributed by atoms with van der Waals surface area (Å²) in [7, 11) is 0. The third-order valence-electron chi connectivity index (χ3n) is 3.70. The maximum atomic E-state index is 12.1. The molecule has 0 aromatic heterocycles. The summed E-state index contributed by atoms with van der Waals surface area (Å²) in [4.78, 5) is 12.1. The molecule has 1 amide bonds. The largest absolute Gasteiger partial charge is 0.349 e. The van der Waals surface area contributed by atoms with Crippen molar-refractivity contribution in [3.8, 4) is 0 Å². The standard InChI is InChI=1S/C15H22N2O/c1-2-11-4-3-5-12(10-11)15(18)17-14-8-6-13(16)7-9-14/h3-5,10,13-14H,2,6-9,16H2,1H3,(H,17,18). The molecule has 1 fully saturated rings. The summed E-state index contributed by atoms with van der Waals surface area (Å²) in [6.07, 6.45) is 4.99. The molecular formula is C15H22N2O. The Labute approximate surface area is 109 Å². The van der Waals surface area contributed by atoms with Gasteiger partial charge in [0.25, 0.3) is 5.91 Å². The number of benzene rings is 1. The average molecular weight is 246 g/mol. The molecule has 3 nitrogen and oxygen atoms in total. The zero-order valence-electron chi connectivity index (χ0n) is 11.0. The van der Waals surface area contributed by atoms with E-state index in [0.717, 1.165) is 37.7 Å². The van der Waals surface area contributed by atoms with Gasteiger partial charge in [-0.2, -0.15) is 0 Å². The van der Waals surface area contributed by atoms with E-state index in [4.69, 9.17) is 5.73 Å². The summed E-state index contributed by atoms with van der Waals surface area (Å²) >= 11 is 0. The first-order valence-electron chi connectivity index (χ1n) is 6.84. The van der Waals surface area contributed by atoms with Crippen LogP contribution >= 0.6 is 0 Å². The molecule has 3 N–H and O–H groups in total. The fraction of sp³-hybridized carbons (Fsp3) is 0.533. The van der Waals surface area contributed by atoms with E-state index in [1.165, 1.54) is 5.56 Å². The van der Waals surface area contributed by atoms with E-state index < -0.39 is 0 Å². The Morgan fingerprint density at radius 1 is 1.33 bits per heavy atom. The molecular weight excluding hydrogens is 224 g/mol. The monoisotopic (exact) mass is 246 g/mol. The SMILES string of the molecule is CCc1cccc(C(=O)NC2CCC(N)CC2)c1. The number of hydrogen-bond acceptors (Lipinski definition) is 2. The van der Waals surface area contributed by atoms with Gasteiger partial charge in [-0.05, 0) is 49.8 Å². The van der Waals surface area contributed by atoms with Crippen LogP contribution in [-0.4, -0.2) is 18.0 Å². The normalized spacial score (nSPS) is 23.7. The van der Waals surface area contributed by atoms with Crippen molar-refractivity contribution in [3.05, 3.63) is 35.4 Å². The second kappa shape index (κ2) is 6.01. The van der Waals surface area contributed by atoms with Crippen molar-refractivity contribution < 1.29 is 4.79 Å². The van der Waals surface area contributed by atoms with Crippen LogP contribution in [-0.2, 0) is 6.42 Å². The van der Waals surface area contributed by atoms with Gasteiger partial charge in [-0.3, -0.25) is 4.79 Å². The molecule has 18 heavy (non-hydrogen) atoms. The number of hydrogen-bond donors (Lipinski definition) is 2. The molecule has 0 unspecified atom stereocenters. The number of aryl methyl sites for hydroxylation is 1. The number of carbonyl (C=O) groups is 1. The molecule has 2 rings (SSSR count). The second-order valence-electron chi connectivity index (χ2n) is 5.14. The van der Waals surface area contributed by atoms with Crippen LogP contribution in [0.3, 0.4) is 0 Å². The van der Waals surface area contributed by atoms with Crippen LogP contribution in [0.2, 0.25) is 0 Å². The van der Waals surface area contributed by atoms with E-state index in [-0.39, 0.29) is 5.91 Å². The van der Waals surface area contributed by atoms with E-state index in [0.29, 0.717) is 12.1 Å². The zero-order valence-corrected chi connectivity index (χ0v) is 11.0. The minimum absolute atomic E-state index is 0.0470. The Kier molecular flexibility index (Phi) is 4.37. The van der Waals surface area contributed by atoms with E-state index in [9.17, 15) is 4.79 Å². The first-order chi connectivity index (χ1) is 8.69. The maximum Gasteiger partial charge on any atom is 0.251 e. The van der Waals surface area contributed by atoms with Crippen molar-refractivity contribution in [2.45, 2.75) is 51.1 Å². The smallest absolute Gasteiger partial charge is 0.251 e. The number of amides is 1. The Bertz CT molecular complexity index is 409. The first-order valence-corrected chi connectivity index (χ1v) is 6.84. The molecule has 0 saturated heterocycles. The molecule has 1 aliphatic rings. The summed E-state index contributed by atoms with van der Waals surface area (Å²) in [6.45, 7) is 2.10. The van der Waals surface area contributed by atoms with Gasteiger partial charge in [0.05, 0.1) is 0 Å². The lowest BCUT2D eigenvalue weighted by molar-refractivity contribution is 0.0926. The second-order valence-corrected chi connectivity index (χ2v) is 5.14. The average Bonchev–Trinajstić information content (AvgIpc) is 2.41. The molecule has 1 aliphatic carbocycles. The number of nitrogens with two attached hydrogens (primary N) is 1. The van der Waals surface area contributed by atoms with Gasteiger partial charge in [0.15, 0.2) is 0 Å². The molecule has 0 heterocycles. The molecule has 98 valence electrons. The Morgan fingerprint density at radius 2 is 2.06 bits per heavy atom. The Morgan fingerprint density at radius 3 is 2.72 bits per heavy atom. The van der Waals surface area contributed by atoms with Gasteiger partial charge in [-0.25, -0.2) is 0 Å². The summed E-state index contributed by atoms with van der Waals surface area (Å²) in [5, 5.41) is 3.11. The lowest BCUT2D eigenvalue weighted by Gasteiger charge is -2.26. The lowest BCUT2D eigenvalue weighted by atomic mass is 9.91. The van der Waals surface area contributed by atoms with Crippen LogP contribution in [0.25, 0.3) is 0 Å². The minimum Gasteiger partial charge on any atom is -0.349 e. The molecule has 3 heteroatoms. The quantitative estimate of drug-likeness (QED) is 0.859. The van der Waals surface area contributed by atoms with Crippen molar-refractivity contribution in [3.63, 3.8) is 0 Å². The first kappa shape index (κ1) is 13.1. The predicted molar refractivity (Wildman–Crippen MR) is 73.5 cm³/mol. The molecule has 0 aliphatic heterocycles. The van der Waals surface area contributed by atoms with Crippen LogP contribution in [0.5, 0.6) is 0 Å². The van der Waals surface area contributed by atoms with Crippen LogP contribution < -0.4 is 11.1 Å². The minimum atomic E-state index is 0.0470. The molecule has 0 radical (unpaired) electrons. The number of rotatable bonds is 3. The van der Waals surface area contributed by atoms with Gasteiger partial charge in [-0.15, -0.1) is 0 Å². The molecule has 1 aromatic carbocycles. The van der Waals surface area contributed by atoms with Gasteiger partial charge in [0.1, 0.15) is 0 Å². The van der Waals surface area contributed by atoms with Gasteiger partial charge < -0.3 is 11.1 Å². The van der Waals surface area contributed by atoms with Crippen molar-refractivity contribution in [2.75, 3.05) is 0 Å². The summed E-state index contributed by atoms with van der Waals surface area (Å²) in [5.41, 5.74) is 7.83. The van der Waals surface area contributed by atoms with Gasteiger partial charge >= 0.3 is 0 Å². The van der Waals surface area contributed by atoms with E-state index in [2.05, 4.69) is 18.3 Å². The van der Waals surface area contributed by atoms with E-state index in [1.807, 2.05) is 18.2 Å². The Balaban J connectivity index is 1.94. The summed E-state index contributed by atoms with van der Waals surface area (Å²) in [5.74, 6) is 0.0470. The third-order valence-corrected chi connectivity index (χ3v) is 3.70. The predicted octanol–water partition coefficient (Wildman–Crippen LogP) is 2.25. The highest BCUT2D eigenvalue weighted by Gasteiger charge is 2.20. The zero-order chi connectivity index (χ0) is 13.0. The number of nitrogens with one attached hydrogen (secondary N) is 1. The molecule has 0 atom stereocenters. The van der Waals surface area contributed by atoms with Crippen LogP contribution in [0, 0.1) is 0 Å². The van der Waals surface area contributed by atoms with Crippen molar-refractivity contribution >= 4 is 5.91 Å². The van der Waals surface area contributed by atoms with Crippen molar-refractivity contribution in [1.82, 2.24) is 5.32 Å². The van der Waals surface area contributed by atoms with Crippen LogP contribution in [0.1, 0.15) is 48.5 Å².